The fourth-order valence-electron chi connectivity index (χ4n) is 1.33. The lowest BCUT2D eigenvalue weighted by atomic mass is 10.1. The van der Waals surface area contributed by atoms with Gasteiger partial charge in [-0.1, -0.05) is 0 Å². The minimum atomic E-state index is -0.103. The van der Waals surface area contributed by atoms with Gasteiger partial charge in [0.2, 0.25) is 0 Å². The Labute approximate surface area is 102 Å². The molecule has 0 saturated carbocycles. The molecule has 0 aliphatic rings. The third kappa shape index (κ3) is 2.59. The number of aromatic nitrogens is 2. The van der Waals surface area contributed by atoms with Gasteiger partial charge in [0.15, 0.2) is 5.78 Å². The average molecular weight is 249 g/mol. The number of benzene rings is 1. The molecule has 1 aromatic carbocycles. The summed E-state index contributed by atoms with van der Waals surface area (Å²) in [6.07, 6.45) is 0. The highest BCUT2D eigenvalue weighted by Crippen LogP contribution is 2.28. The van der Waals surface area contributed by atoms with E-state index in [1.807, 2.05) is 0 Å². The van der Waals surface area contributed by atoms with Gasteiger partial charge < -0.3 is 10.5 Å². The highest BCUT2D eigenvalue weighted by atomic mass is 32.1. The normalized spacial score (nSPS) is 10.2. The second kappa shape index (κ2) is 4.50. The standard InChI is InChI=1S/C11H11N3O2S/c1-6(15)9-5-8(12)3-4-10(9)16-11-13-7(2)14-17-11/h3-5H,12H2,1-2H3. The van der Waals surface area contributed by atoms with Crippen molar-refractivity contribution in [3.8, 4) is 10.9 Å². The molecule has 2 rings (SSSR count). The topological polar surface area (TPSA) is 78.1 Å². The predicted molar refractivity (Wildman–Crippen MR) is 65.6 cm³/mol. The van der Waals surface area contributed by atoms with Crippen molar-refractivity contribution in [2.75, 3.05) is 5.73 Å². The van der Waals surface area contributed by atoms with Crippen LogP contribution in [0.25, 0.3) is 0 Å². The SMILES string of the molecule is CC(=O)c1cc(N)ccc1Oc1nc(C)ns1. The molecule has 17 heavy (non-hydrogen) atoms. The van der Waals surface area contributed by atoms with Crippen molar-refractivity contribution < 1.29 is 9.53 Å². The third-order valence-corrected chi connectivity index (χ3v) is 2.78. The molecule has 0 unspecified atom stereocenters. The molecule has 0 fully saturated rings. The van der Waals surface area contributed by atoms with Crippen LogP contribution >= 0.6 is 11.5 Å². The molecule has 1 heterocycles. The molecule has 5 nitrogen and oxygen atoms in total. The summed E-state index contributed by atoms with van der Waals surface area (Å²) >= 11 is 1.14. The molecule has 2 N–H and O–H groups in total. The molecule has 88 valence electrons. The van der Waals surface area contributed by atoms with E-state index in [-0.39, 0.29) is 5.78 Å². The largest absolute Gasteiger partial charge is 0.429 e. The van der Waals surface area contributed by atoms with Crippen molar-refractivity contribution in [2.45, 2.75) is 13.8 Å². The van der Waals surface area contributed by atoms with Crippen molar-refractivity contribution >= 4 is 23.0 Å². The molecule has 1 aromatic heterocycles. The van der Waals surface area contributed by atoms with Crippen LogP contribution in [0.15, 0.2) is 18.2 Å². The molecule has 0 radical (unpaired) electrons. The Morgan fingerprint density at radius 2 is 2.24 bits per heavy atom. The van der Waals surface area contributed by atoms with Gasteiger partial charge in [0.05, 0.1) is 5.56 Å². The summed E-state index contributed by atoms with van der Waals surface area (Å²) in [5.41, 5.74) is 6.60. The Balaban J connectivity index is 2.35. The van der Waals surface area contributed by atoms with Gasteiger partial charge in [0.1, 0.15) is 11.6 Å². The highest BCUT2D eigenvalue weighted by molar-refractivity contribution is 7.07. The number of nitrogen functional groups attached to an aromatic ring is 1. The zero-order chi connectivity index (χ0) is 12.4. The molecule has 0 saturated heterocycles. The van der Waals surface area contributed by atoms with E-state index in [4.69, 9.17) is 10.5 Å². The molecule has 0 atom stereocenters. The van der Waals surface area contributed by atoms with Crippen LogP contribution in [0.5, 0.6) is 10.9 Å². The number of nitrogens with zero attached hydrogens (tertiary/aromatic N) is 2. The number of hydrogen-bond acceptors (Lipinski definition) is 6. The maximum Gasteiger partial charge on any atom is 0.298 e. The molecule has 0 aliphatic carbocycles. The number of ketones is 1. The van der Waals surface area contributed by atoms with Crippen LogP contribution in [0.4, 0.5) is 5.69 Å². The summed E-state index contributed by atoms with van der Waals surface area (Å²) in [6, 6.07) is 4.92. The molecule has 0 amide bonds. The second-order valence-electron chi connectivity index (χ2n) is 3.52. The number of carbonyl (C=O) groups excluding carboxylic acids is 1. The maximum atomic E-state index is 11.4. The van der Waals surface area contributed by atoms with Crippen LogP contribution in [0.2, 0.25) is 0 Å². The Bertz CT molecular complexity index is 566. The summed E-state index contributed by atoms with van der Waals surface area (Å²) in [4.78, 5) is 15.5. The minimum Gasteiger partial charge on any atom is -0.429 e. The summed E-state index contributed by atoms with van der Waals surface area (Å²) in [5.74, 6) is 0.987. The fraction of sp³-hybridized carbons (Fsp3) is 0.182. The Kier molecular flexibility index (Phi) is 3.06. The summed E-state index contributed by atoms with van der Waals surface area (Å²) in [5, 5.41) is 0.412. The number of ether oxygens (including phenoxy) is 1. The number of rotatable bonds is 3. The van der Waals surface area contributed by atoms with Crippen molar-refractivity contribution in [3.05, 3.63) is 29.6 Å². The van der Waals surface area contributed by atoms with E-state index in [1.54, 1.807) is 25.1 Å². The van der Waals surface area contributed by atoms with E-state index < -0.39 is 0 Å². The summed E-state index contributed by atoms with van der Waals surface area (Å²) < 4.78 is 9.52. The number of anilines is 1. The Hall–Kier alpha value is -1.95. The van der Waals surface area contributed by atoms with Gasteiger partial charge >= 0.3 is 0 Å². The van der Waals surface area contributed by atoms with E-state index >= 15 is 0 Å². The van der Waals surface area contributed by atoms with E-state index in [0.717, 1.165) is 11.5 Å². The maximum absolute atomic E-state index is 11.4. The number of nitrogens with two attached hydrogens (primary N) is 1. The van der Waals surface area contributed by atoms with E-state index in [2.05, 4.69) is 9.36 Å². The van der Waals surface area contributed by atoms with Crippen LogP contribution in [0.3, 0.4) is 0 Å². The number of carbonyl (C=O) groups is 1. The van der Waals surface area contributed by atoms with Crippen molar-refractivity contribution in [1.82, 2.24) is 9.36 Å². The molecule has 0 aliphatic heterocycles. The van der Waals surface area contributed by atoms with Crippen molar-refractivity contribution in [3.63, 3.8) is 0 Å². The first-order chi connectivity index (χ1) is 8.06. The number of aryl methyl sites for hydroxylation is 1. The van der Waals surface area contributed by atoms with Crippen LogP contribution < -0.4 is 10.5 Å². The minimum absolute atomic E-state index is 0.103. The van der Waals surface area contributed by atoms with Gasteiger partial charge in [0, 0.05) is 17.2 Å². The lowest BCUT2D eigenvalue weighted by Gasteiger charge is -2.06. The van der Waals surface area contributed by atoms with Crippen LogP contribution in [0, 0.1) is 6.92 Å². The quantitative estimate of drug-likeness (QED) is 0.667. The molecular weight excluding hydrogens is 238 g/mol. The fourth-order valence-corrected chi connectivity index (χ4v) is 1.88. The second-order valence-corrected chi connectivity index (χ2v) is 4.24. The number of Topliss-reactive ketones (excluding diaryl/α,β-unsaturated/α-hetero) is 1. The van der Waals surface area contributed by atoms with E-state index in [9.17, 15) is 4.79 Å². The zero-order valence-electron chi connectivity index (χ0n) is 9.43. The monoisotopic (exact) mass is 249 g/mol. The molecule has 6 heteroatoms. The lowest BCUT2D eigenvalue weighted by Crippen LogP contribution is -1.98. The first-order valence-electron chi connectivity index (χ1n) is 4.95. The summed E-state index contributed by atoms with van der Waals surface area (Å²) in [6.45, 7) is 3.24. The molecular formula is C11H11N3O2S. The van der Waals surface area contributed by atoms with Crippen LogP contribution in [-0.4, -0.2) is 15.1 Å². The first-order valence-corrected chi connectivity index (χ1v) is 5.72. The summed E-state index contributed by atoms with van der Waals surface area (Å²) in [7, 11) is 0. The average Bonchev–Trinajstić information content (AvgIpc) is 2.66. The van der Waals surface area contributed by atoms with E-state index in [1.165, 1.54) is 6.92 Å². The van der Waals surface area contributed by atoms with E-state index in [0.29, 0.717) is 28.0 Å². The number of hydrogen-bond donors (Lipinski definition) is 1. The van der Waals surface area contributed by atoms with Gasteiger partial charge in [0.25, 0.3) is 5.19 Å². The molecule has 2 aromatic rings. The van der Waals surface area contributed by atoms with Gasteiger partial charge in [-0.25, -0.2) is 0 Å². The van der Waals surface area contributed by atoms with Gasteiger partial charge in [-0.15, -0.1) is 0 Å². The van der Waals surface area contributed by atoms with Crippen molar-refractivity contribution in [2.24, 2.45) is 0 Å². The molecule has 0 spiro atoms. The van der Waals surface area contributed by atoms with Gasteiger partial charge in [-0.2, -0.15) is 9.36 Å². The Morgan fingerprint density at radius 1 is 1.47 bits per heavy atom. The van der Waals surface area contributed by atoms with Crippen LogP contribution in [0.1, 0.15) is 23.1 Å². The predicted octanol–water partition coefficient (Wildman–Crippen LogP) is 2.42. The van der Waals surface area contributed by atoms with Crippen LogP contribution in [-0.2, 0) is 0 Å². The van der Waals surface area contributed by atoms with Crippen molar-refractivity contribution in [1.29, 1.82) is 0 Å². The zero-order valence-corrected chi connectivity index (χ0v) is 10.2. The highest BCUT2D eigenvalue weighted by Gasteiger charge is 2.11. The van der Waals surface area contributed by atoms with Gasteiger partial charge in [-0.3, -0.25) is 4.79 Å². The first kappa shape index (κ1) is 11.5. The smallest absolute Gasteiger partial charge is 0.298 e. The lowest BCUT2D eigenvalue weighted by molar-refractivity contribution is 0.101. The molecule has 0 bridgehead atoms. The Morgan fingerprint density at radius 3 is 2.82 bits per heavy atom. The van der Waals surface area contributed by atoms with Gasteiger partial charge in [-0.05, 0) is 32.0 Å². The third-order valence-electron chi connectivity index (χ3n) is 2.09.